The molecule has 0 aromatic heterocycles. The molecule has 0 aliphatic carbocycles. The second kappa shape index (κ2) is 6.72. The Hall–Kier alpha value is -1.15. The number of nitrogens with one attached hydrogen (secondary N) is 1. The molecule has 3 aliphatic heterocycles. The zero-order chi connectivity index (χ0) is 20.2. The molecule has 3 N–H and O–H groups in total. The van der Waals surface area contributed by atoms with Crippen LogP contribution in [0.25, 0.3) is 0 Å². The Bertz CT molecular complexity index is 622. The Morgan fingerprint density at radius 1 is 1.33 bits per heavy atom. The number of rotatable bonds is 3. The van der Waals surface area contributed by atoms with Crippen molar-refractivity contribution in [2.45, 2.75) is 97.2 Å². The lowest BCUT2D eigenvalue weighted by molar-refractivity contribution is -0.195. The molecule has 154 valence electrons. The maximum atomic E-state index is 11.9. The van der Waals surface area contributed by atoms with Gasteiger partial charge in [-0.3, -0.25) is 10.5 Å². The van der Waals surface area contributed by atoms with Crippen LogP contribution in [0.3, 0.4) is 0 Å². The van der Waals surface area contributed by atoms with E-state index in [1.807, 2.05) is 4.90 Å². The number of amides is 1. The van der Waals surface area contributed by atoms with Crippen molar-refractivity contribution in [1.29, 1.82) is 0 Å². The third-order valence-corrected chi connectivity index (χ3v) is 5.19. The van der Waals surface area contributed by atoms with Crippen molar-refractivity contribution >= 4 is 5.91 Å². The average Bonchev–Trinajstić information content (AvgIpc) is 2.64. The second-order valence-electron chi connectivity index (χ2n) is 10.2. The van der Waals surface area contributed by atoms with Gasteiger partial charge in [0, 0.05) is 18.2 Å². The van der Waals surface area contributed by atoms with Gasteiger partial charge in [-0.1, -0.05) is 20.8 Å². The smallest absolute Gasteiger partial charge is 0.250 e. The minimum Gasteiger partial charge on any atom is -0.371 e. The highest BCUT2D eigenvalue weighted by atomic mass is 16.6. The van der Waals surface area contributed by atoms with Gasteiger partial charge in [0.15, 0.2) is 12.5 Å². The number of carbonyl (C=O) groups is 1. The molecule has 2 unspecified atom stereocenters. The molecular weight excluding hydrogens is 346 g/mol. The van der Waals surface area contributed by atoms with Crippen LogP contribution in [-0.2, 0) is 19.0 Å². The summed E-state index contributed by atoms with van der Waals surface area (Å²) in [6.07, 6.45) is 1.87. The molecule has 0 aromatic carbocycles. The average molecular weight is 382 g/mol. The fourth-order valence-electron chi connectivity index (χ4n) is 4.39. The van der Waals surface area contributed by atoms with Gasteiger partial charge in [-0.2, -0.15) is 0 Å². The summed E-state index contributed by atoms with van der Waals surface area (Å²) in [5.74, 6) is -0.160. The first-order valence-electron chi connectivity index (χ1n) is 9.81. The summed E-state index contributed by atoms with van der Waals surface area (Å²) in [6.45, 7) is 15.2. The van der Waals surface area contributed by atoms with Crippen LogP contribution in [0.4, 0.5) is 0 Å². The molecule has 3 rings (SSSR count). The van der Waals surface area contributed by atoms with E-state index in [1.165, 1.54) is 0 Å². The lowest BCUT2D eigenvalue weighted by Crippen LogP contribution is -2.61. The predicted octanol–water partition coefficient (Wildman–Crippen LogP) is 2.07. The van der Waals surface area contributed by atoms with E-state index < -0.39 is 18.1 Å². The first-order chi connectivity index (χ1) is 12.3. The number of hydrogen-bond acceptors (Lipinski definition) is 6. The lowest BCUT2D eigenvalue weighted by Gasteiger charge is -2.44. The van der Waals surface area contributed by atoms with E-state index >= 15 is 0 Å². The molecule has 0 saturated carbocycles. The van der Waals surface area contributed by atoms with Crippen LogP contribution in [0.5, 0.6) is 0 Å². The number of hydrogen-bond donors (Lipinski definition) is 2. The van der Waals surface area contributed by atoms with E-state index in [4.69, 9.17) is 19.9 Å². The van der Waals surface area contributed by atoms with E-state index in [-0.39, 0.29) is 29.1 Å². The molecule has 1 amide bonds. The molecule has 0 aromatic rings. The van der Waals surface area contributed by atoms with Crippen LogP contribution < -0.4 is 11.1 Å². The molecule has 3 heterocycles. The van der Waals surface area contributed by atoms with Crippen LogP contribution >= 0.6 is 0 Å². The fourth-order valence-corrected chi connectivity index (χ4v) is 4.39. The monoisotopic (exact) mass is 381 g/mol. The van der Waals surface area contributed by atoms with Crippen molar-refractivity contribution in [1.82, 2.24) is 10.2 Å². The largest absolute Gasteiger partial charge is 0.371 e. The Labute approximate surface area is 162 Å². The second-order valence-corrected chi connectivity index (χ2v) is 10.2. The van der Waals surface area contributed by atoms with Gasteiger partial charge in [-0.25, -0.2) is 0 Å². The van der Waals surface area contributed by atoms with Crippen molar-refractivity contribution in [3.63, 3.8) is 0 Å². The van der Waals surface area contributed by atoms with E-state index in [1.54, 1.807) is 13.1 Å². The molecule has 2 bridgehead atoms. The zero-order valence-corrected chi connectivity index (χ0v) is 17.7. The summed E-state index contributed by atoms with van der Waals surface area (Å²) in [6, 6.07) is 0. The summed E-state index contributed by atoms with van der Waals surface area (Å²) >= 11 is 0. The van der Waals surface area contributed by atoms with Crippen LogP contribution in [0.1, 0.15) is 61.3 Å². The van der Waals surface area contributed by atoms with E-state index in [9.17, 15) is 4.79 Å². The van der Waals surface area contributed by atoms with Crippen molar-refractivity contribution in [2.24, 2.45) is 11.1 Å². The predicted molar refractivity (Wildman–Crippen MR) is 102 cm³/mol. The van der Waals surface area contributed by atoms with Crippen LogP contribution in [0.15, 0.2) is 11.8 Å². The van der Waals surface area contributed by atoms with Gasteiger partial charge >= 0.3 is 0 Å². The van der Waals surface area contributed by atoms with Crippen molar-refractivity contribution in [3.05, 3.63) is 11.8 Å². The van der Waals surface area contributed by atoms with Crippen LogP contribution in [0.2, 0.25) is 0 Å². The molecule has 5 atom stereocenters. The van der Waals surface area contributed by atoms with Gasteiger partial charge in [0.25, 0.3) is 5.91 Å². The van der Waals surface area contributed by atoms with Crippen molar-refractivity contribution in [2.75, 3.05) is 6.61 Å². The van der Waals surface area contributed by atoms with Gasteiger partial charge in [0.1, 0.15) is 17.8 Å². The van der Waals surface area contributed by atoms with E-state index in [0.29, 0.717) is 12.2 Å². The molecular formula is C20H35N3O4. The SMILES string of the molecule is CC1=CN([C@@H]2O[C@]3(CC(C)(C)C)CCO[C@H]2C3OC(C)(C)C)C(N)NC1=O. The third kappa shape index (κ3) is 4.16. The minimum atomic E-state index is -0.656. The standard InChI is InChI=1S/C20H35N3O4/c1-12-10-23(17(21)22-15(12)24)16-13-14(26-19(5,6)7)20(27-16,8-9-25-13)11-18(2,3)4/h10,13-14,16-17H,8-9,11,21H2,1-7H3,(H,22,24)/t13-,14?,16+,17?,20-/m0/s1. The Balaban J connectivity index is 1.97. The van der Waals surface area contributed by atoms with E-state index in [0.717, 1.165) is 12.8 Å². The van der Waals surface area contributed by atoms with Crippen molar-refractivity contribution < 1.29 is 19.0 Å². The highest BCUT2D eigenvalue weighted by Gasteiger charge is 2.62. The Morgan fingerprint density at radius 2 is 2.00 bits per heavy atom. The molecule has 7 nitrogen and oxygen atoms in total. The number of nitrogens with two attached hydrogens (primary N) is 1. The summed E-state index contributed by atoms with van der Waals surface area (Å²) in [7, 11) is 0. The molecule has 0 spiro atoms. The van der Waals surface area contributed by atoms with Gasteiger partial charge in [-0.05, 0) is 39.5 Å². The third-order valence-electron chi connectivity index (χ3n) is 5.19. The first-order valence-corrected chi connectivity index (χ1v) is 9.81. The summed E-state index contributed by atoms with van der Waals surface area (Å²) in [5, 5.41) is 2.78. The number of nitrogens with zero attached hydrogens (tertiary/aromatic N) is 1. The summed E-state index contributed by atoms with van der Waals surface area (Å²) in [5.41, 5.74) is 6.11. The lowest BCUT2D eigenvalue weighted by atomic mass is 9.76. The number of ether oxygens (including phenoxy) is 3. The van der Waals surface area contributed by atoms with Gasteiger partial charge < -0.3 is 24.4 Å². The number of carbonyl (C=O) groups excluding carboxylic acids is 1. The zero-order valence-electron chi connectivity index (χ0n) is 17.7. The summed E-state index contributed by atoms with van der Waals surface area (Å²) in [4.78, 5) is 13.8. The van der Waals surface area contributed by atoms with Gasteiger partial charge in [-0.15, -0.1) is 0 Å². The maximum absolute atomic E-state index is 11.9. The fraction of sp³-hybridized carbons (Fsp3) is 0.850. The highest BCUT2D eigenvalue weighted by molar-refractivity contribution is 5.93. The molecule has 27 heavy (non-hydrogen) atoms. The molecule has 2 fully saturated rings. The Kier molecular flexibility index (Phi) is 5.13. The van der Waals surface area contributed by atoms with Crippen molar-refractivity contribution in [3.8, 4) is 0 Å². The molecule has 2 saturated heterocycles. The van der Waals surface area contributed by atoms with E-state index in [2.05, 4.69) is 46.9 Å². The van der Waals surface area contributed by atoms with Gasteiger partial charge in [0.2, 0.25) is 0 Å². The van der Waals surface area contributed by atoms with Crippen LogP contribution in [0, 0.1) is 5.41 Å². The molecule has 3 aliphatic rings. The Morgan fingerprint density at radius 3 is 2.59 bits per heavy atom. The van der Waals surface area contributed by atoms with Crippen LogP contribution in [-0.4, -0.2) is 53.3 Å². The summed E-state index contributed by atoms with van der Waals surface area (Å²) < 4.78 is 19.3. The minimum absolute atomic E-state index is 0.0697. The molecule has 7 heteroatoms. The first kappa shape index (κ1) is 20.6. The maximum Gasteiger partial charge on any atom is 0.250 e. The number of fused-ring (bicyclic) bond motifs is 2. The highest BCUT2D eigenvalue weighted by Crippen LogP contribution is 2.49. The van der Waals surface area contributed by atoms with Gasteiger partial charge in [0.05, 0.1) is 12.2 Å². The normalized spacial score (nSPS) is 37.3. The topological polar surface area (TPSA) is 86.1 Å². The quantitative estimate of drug-likeness (QED) is 0.778. The molecule has 0 radical (unpaired) electrons.